The van der Waals surface area contributed by atoms with Crippen LogP contribution in [0.15, 0.2) is 41.6 Å². The van der Waals surface area contributed by atoms with Crippen molar-refractivity contribution in [3.63, 3.8) is 0 Å². The molecule has 4 heteroatoms. The Labute approximate surface area is 91.0 Å². The summed E-state index contributed by atoms with van der Waals surface area (Å²) in [5, 5.41) is 13.2. The number of allylic oxidation sites excluding steroid dienone is 6. The first-order chi connectivity index (χ1) is 7.41. The number of hydrogen-bond donors (Lipinski definition) is 2. The molecule has 4 nitrogen and oxygen atoms in total. The fourth-order valence-corrected chi connectivity index (χ4v) is 0.837. The van der Waals surface area contributed by atoms with E-state index in [0.29, 0.717) is 0 Å². The number of hydrazine groups is 1. The Hall–Kier alpha value is -1.39. The third-order valence-corrected chi connectivity index (χ3v) is 1.52. The lowest BCUT2D eigenvalue weighted by Crippen LogP contribution is -2.18. The molecular weight excluding hydrogens is 190 g/mol. The van der Waals surface area contributed by atoms with Gasteiger partial charge in [-0.05, 0) is 18.9 Å². The molecule has 84 valence electrons. The minimum absolute atomic E-state index is 0.946. The molecule has 0 bridgehead atoms. The molecule has 0 aromatic heterocycles. The standard InChI is InChI=1S/C11H18N3O/c1-2-3-4-5-6-7-8-9-10-11-12-13-14-15/h4-5,7-11,13-14H,2-3,6H2,1H3/q-1. The molecule has 2 N–H and O–H groups in total. The summed E-state index contributed by atoms with van der Waals surface area (Å²) in [6.45, 7) is 2.16. The van der Waals surface area contributed by atoms with Crippen molar-refractivity contribution in [2.75, 3.05) is 0 Å². The second-order valence-corrected chi connectivity index (χ2v) is 2.80. The lowest BCUT2D eigenvalue weighted by molar-refractivity contribution is 0.674. The number of nitrogens with zero attached hydrogens (tertiary/aromatic N) is 1. The predicted molar refractivity (Wildman–Crippen MR) is 65.1 cm³/mol. The molecule has 15 heavy (non-hydrogen) atoms. The van der Waals surface area contributed by atoms with Gasteiger partial charge in [-0.3, -0.25) is 11.1 Å². The lowest BCUT2D eigenvalue weighted by atomic mass is 10.2. The summed E-state index contributed by atoms with van der Waals surface area (Å²) in [7, 11) is 0. The van der Waals surface area contributed by atoms with Gasteiger partial charge in [0.05, 0.1) is 0 Å². The van der Waals surface area contributed by atoms with Crippen LogP contribution in [-0.4, -0.2) is 6.21 Å². The van der Waals surface area contributed by atoms with Gasteiger partial charge in [0.1, 0.15) is 0 Å². The van der Waals surface area contributed by atoms with Crippen molar-refractivity contribution in [1.82, 2.24) is 11.1 Å². The van der Waals surface area contributed by atoms with Gasteiger partial charge >= 0.3 is 0 Å². The zero-order chi connectivity index (χ0) is 11.2. The van der Waals surface area contributed by atoms with Gasteiger partial charge < -0.3 is 5.21 Å². The molecule has 0 rings (SSSR count). The van der Waals surface area contributed by atoms with Crippen LogP contribution in [0.25, 0.3) is 0 Å². The number of rotatable bonds is 8. The Bertz CT molecular complexity index is 232. The molecule has 0 aliphatic rings. The van der Waals surface area contributed by atoms with Crippen LogP contribution in [-0.2, 0) is 0 Å². The molecule has 0 fully saturated rings. The van der Waals surface area contributed by atoms with E-state index in [1.54, 1.807) is 6.08 Å². The van der Waals surface area contributed by atoms with Crippen LogP contribution < -0.4 is 11.1 Å². The first kappa shape index (κ1) is 13.6. The number of hydrazone groups is 1. The lowest BCUT2D eigenvalue weighted by Gasteiger charge is -2.01. The topological polar surface area (TPSA) is 59.5 Å². The molecule has 0 radical (unpaired) electrons. The third kappa shape index (κ3) is 12.6. The summed E-state index contributed by atoms with van der Waals surface area (Å²) >= 11 is 0. The van der Waals surface area contributed by atoms with E-state index in [-0.39, 0.29) is 0 Å². The van der Waals surface area contributed by atoms with Gasteiger partial charge in [0.15, 0.2) is 0 Å². The Kier molecular flexibility index (Phi) is 11.4. The summed E-state index contributed by atoms with van der Waals surface area (Å²) in [6, 6.07) is 0. The highest BCUT2D eigenvalue weighted by Crippen LogP contribution is 1.92. The van der Waals surface area contributed by atoms with Crippen molar-refractivity contribution in [2.45, 2.75) is 26.2 Å². The average molecular weight is 208 g/mol. The summed E-state index contributed by atoms with van der Waals surface area (Å²) in [5.74, 6) is 0. The van der Waals surface area contributed by atoms with E-state index >= 15 is 0 Å². The molecule has 0 heterocycles. The molecular formula is C11H18N3O-. The van der Waals surface area contributed by atoms with Gasteiger partial charge in [0.25, 0.3) is 0 Å². The maximum Gasteiger partial charge on any atom is 0.0483 e. The number of unbranched alkanes of at least 4 members (excludes halogenated alkanes) is 1. The van der Waals surface area contributed by atoms with Crippen molar-refractivity contribution in [1.29, 1.82) is 0 Å². The summed E-state index contributed by atoms with van der Waals surface area (Å²) < 4.78 is 0. The van der Waals surface area contributed by atoms with Gasteiger partial charge in [0.2, 0.25) is 0 Å². The van der Waals surface area contributed by atoms with Crippen LogP contribution in [0.2, 0.25) is 0 Å². The van der Waals surface area contributed by atoms with Crippen LogP contribution in [0.5, 0.6) is 0 Å². The van der Waals surface area contributed by atoms with Crippen LogP contribution >= 0.6 is 0 Å². The first-order valence-electron chi connectivity index (χ1n) is 5.03. The molecule has 0 aromatic rings. The van der Waals surface area contributed by atoms with E-state index in [1.807, 2.05) is 12.2 Å². The van der Waals surface area contributed by atoms with E-state index in [4.69, 9.17) is 0 Å². The van der Waals surface area contributed by atoms with Crippen molar-refractivity contribution in [2.24, 2.45) is 5.10 Å². The molecule has 0 aromatic carbocycles. The van der Waals surface area contributed by atoms with Crippen molar-refractivity contribution in [3.05, 3.63) is 41.7 Å². The summed E-state index contributed by atoms with van der Waals surface area (Å²) in [5.41, 5.74) is 3.49. The van der Waals surface area contributed by atoms with Gasteiger partial charge in [0, 0.05) is 6.21 Å². The van der Waals surface area contributed by atoms with Crippen LogP contribution in [0.3, 0.4) is 0 Å². The maximum absolute atomic E-state index is 9.67. The van der Waals surface area contributed by atoms with E-state index in [1.165, 1.54) is 18.2 Å². The van der Waals surface area contributed by atoms with E-state index in [2.05, 4.69) is 35.8 Å². The smallest absolute Gasteiger partial charge is 0.0483 e. The predicted octanol–water partition coefficient (Wildman–Crippen LogP) is 2.42. The normalized spacial score (nSPS) is 12.7. The molecule has 0 aliphatic carbocycles. The van der Waals surface area contributed by atoms with E-state index < -0.39 is 0 Å². The van der Waals surface area contributed by atoms with Gasteiger partial charge in [-0.15, -0.1) is 0 Å². The van der Waals surface area contributed by atoms with Crippen LogP contribution in [0.4, 0.5) is 0 Å². The van der Waals surface area contributed by atoms with Gasteiger partial charge in [-0.25, -0.2) is 0 Å². The largest absolute Gasteiger partial charge is 0.769 e. The number of hydrogen-bond acceptors (Lipinski definition) is 4. The zero-order valence-corrected chi connectivity index (χ0v) is 9.02. The number of nitrogens with one attached hydrogen (secondary N) is 2. The highest BCUT2D eigenvalue weighted by atomic mass is 16.5. The van der Waals surface area contributed by atoms with Crippen molar-refractivity contribution in [3.8, 4) is 0 Å². The molecule has 0 aliphatic heterocycles. The SMILES string of the molecule is CCCC=CCC=CC=CC=NNN[O-]. The fourth-order valence-electron chi connectivity index (χ4n) is 0.837. The summed E-state index contributed by atoms with van der Waals surface area (Å²) in [4.78, 5) is 0. The van der Waals surface area contributed by atoms with Gasteiger partial charge in [-0.2, -0.15) is 5.10 Å². The quantitative estimate of drug-likeness (QED) is 0.279. The highest BCUT2D eigenvalue weighted by molar-refractivity contribution is 5.71. The third-order valence-electron chi connectivity index (χ3n) is 1.52. The van der Waals surface area contributed by atoms with E-state index in [9.17, 15) is 5.21 Å². The van der Waals surface area contributed by atoms with Crippen LogP contribution in [0.1, 0.15) is 26.2 Å². The molecule has 0 spiro atoms. The molecule has 0 saturated heterocycles. The molecule has 0 saturated carbocycles. The monoisotopic (exact) mass is 208 g/mol. The van der Waals surface area contributed by atoms with Gasteiger partial charge in [-0.1, -0.05) is 43.7 Å². The maximum atomic E-state index is 9.67. The molecule has 0 amide bonds. The Morgan fingerprint density at radius 2 is 2.00 bits per heavy atom. The highest BCUT2D eigenvalue weighted by Gasteiger charge is 1.72. The van der Waals surface area contributed by atoms with Crippen LogP contribution in [0, 0.1) is 5.21 Å². The second-order valence-electron chi connectivity index (χ2n) is 2.80. The molecule has 0 atom stereocenters. The zero-order valence-electron chi connectivity index (χ0n) is 9.02. The van der Waals surface area contributed by atoms with Crippen molar-refractivity contribution < 1.29 is 0 Å². The second kappa shape index (κ2) is 12.6. The Balaban J connectivity index is 3.44. The molecule has 0 unspecified atom stereocenters. The van der Waals surface area contributed by atoms with E-state index in [0.717, 1.165) is 12.8 Å². The fraction of sp³-hybridized carbons (Fsp3) is 0.364. The first-order valence-corrected chi connectivity index (χ1v) is 5.03. The Morgan fingerprint density at radius 3 is 2.73 bits per heavy atom. The minimum Gasteiger partial charge on any atom is -0.769 e. The van der Waals surface area contributed by atoms with Crippen molar-refractivity contribution >= 4 is 6.21 Å². The average Bonchev–Trinajstić information content (AvgIpc) is 2.26. The Morgan fingerprint density at radius 1 is 1.13 bits per heavy atom. The summed E-state index contributed by atoms with van der Waals surface area (Å²) in [6.07, 6.45) is 16.7. The minimum atomic E-state index is 0.946.